The molecule has 0 fully saturated rings. The van der Waals surface area contributed by atoms with Crippen LogP contribution >= 0.6 is 23.1 Å². The second-order valence-electron chi connectivity index (χ2n) is 7.44. The van der Waals surface area contributed by atoms with Gasteiger partial charge in [-0.2, -0.15) is 0 Å². The van der Waals surface area contributed by atoms with E-state index in [0.717, 1.165) is 35.2 Å². The lowest BCUT2D eigenvalue weighted by atomic mass is 9.89. The molecular formula is C19H20N6O2S2. The maximum atomic E-state index is 12.8. The maximum Gasteiger partial charge on any atom is 0.259 e. The summed E-state index contributed by atoms with van der Waals surface area (Å²) >= 11 is 3.13. The predicted octanol–water partition coefficient (Wildman–Crippen LogP) is 3.59. The van der Waals surface area contributed by atoms with Crippen LogP contribution in [0.4, 0.5) is 0 Å². The zero-order chi connectivity index (χ0) is 20.0. The molecule has 29 heavy (non-hydrogen) atoms. The van der Waals surface area contributed by atoms with Crippen LogP contribution in [0.2, 0.25) is 0 Å². The lowest BCUT2D eigenvalue weighted by Gasteiger charge is -2.17. The van der Waals surface area contributed by atoms with Gasteiger partial charge in [-0.3, -0.25) is 4.79 Å². The molecule has 0 saturated carbocycles. The van der Waals surface area contributed by atoms with Gasteiger partial charge in [0.1, 0.15) is 23.0 Å². The Labute approximate surface area is 174 Å². The topological polar surface area (TPSA) is 102 Å². The Bertz CT molecular complexity index is 1210. The van der Waals surface area contributed by atoms with Gasteiger partial charge in [0.05, 0.1) is 16.9 Å². The first kappa shape index (κ1) is 18.6. The van der Waals surface area contributed by atoms with E-state index in [2.05, 4.69) is 27.4 Å². The van der Waals surface area contributed by atoms with Crippen LogP contribution in [0.5, 0.6) is 0 Å². The fourth-order valence-electron chi connectivity index (χ4n) is 3.70. The fourth-order valence-corrected chi connectivity index (χ4v) is 5.94. The second-order valence-corrected chi connectivity index (χ2v) is 9.83. The molecular weight excluding hydrogens is 408 g/mol. The van der Waals surface area contributed by atoms with Crippen LogP contribution in [-0.4, -0.2) is 30.2 Å². The van der Waals surface area contributed by atoms with Crippen LogP contribution in [0.15, 0.2) is 32.8 Å². The van der Waals surface area contributed by atoms with E-state index in [1.165, 1.54) is 22.2 Å². The van der Waals surface area contributed by atoms with E-state index in [1.54, 1.807) is 22.3 Å². The van der Waals surface area contributed by atoms with Crippen molar-refractivity contribution in [3.8, 4) is 0 Å². The summed E-state index contributed by atoms with van der Waals surface area (Å²) in [4.78, 5) is 22.8. The van der Waals surface area contributed by atoms with Crippen molar-refractivity contribution in [2.45, 2.75) is 50.1 Å². The predicted molar refractivity (Wildman–Crippen MR) is 111 cm³/mol. The molecule has 5 rings (SSSR count). The summed E-state index contributed by atoms with van der Waals surface area (Å²) in [5, 5.41) is 13.3. The zero-order valence-corrected chi connectivity index (χ0v) is 17.7. The van der Waals surface area contributed by atoms with E-state index in [0.29, 0.717) is 23.4 Å². The van der Waals surface area contributed by atoms with Gasteiger partial charge in [0.25, 0.3) is 5.56 Å². The number of nitrogens with one attached hydrogen (secondary N) is 1. The largest absolute Gasteiger partial charge is 0.467 e. The first-order valence-corrected chi connectivity index (χ1v) is 11.3. The van der Waals surface area contributed by atoms with Crippen molar-refractivity contribution < 1.29 is 4.42 Å². The van der Waals surface area contributed by atoms with Gasteiger partial charge < -0.3 is 9.40 Å². The van der Waals surface area contributed by atoms with Crippen molar-refractivity contribution >= 4 is 33.3 Å². The summed E-state index contributed by atoms with van der Waals surface area (Å²) in [6.07, 6.45) is 4.76. The van der Waals surface area contributed by atoms with Crippen LogP contribution in [0.3, 0.4) is 0 Å². The van der Waals surface area contributed by atoms with Gasteiger partial charge in [0, 0.05) is 4.88 Å². The van der Waals surface area contributed by atoms with Gasteiger partial charge in [0.2, 0.25) is 5.16 Å². The molecule has 0 aliphatic heterocycles. The summed E-state index contributed by atoms with van der Waals surface area (Å²) in [6.45, 7) is 4.71. The van der Waals surface area contributed by atoms with Gasteiger partial charge >= 0.3 is 0 Å². The van der Waals surface area contributed by atoms with Crippen molar-refractivity contribution in [1.29, 1.82) is 0 Å². The Balaban J connectivity index is 1.43. The molecule has 10 heteroatoms. The number of thiophene rings is 1. The molecule has 4 heterocycles. The number of hydrogen-bond donors (Lipinski definition) is 1. The smallest absolute Gasteiger partial charge is 0.259 e. The molecule has 0 bridgehead atoms. The van der Waals surface area contributed by atoms with Gasteiger partial charge in [0.15, 0.2) is 0 Å². The summed E-state index contributed by atoms with van der Waals surface area (Å²) in [6, 6.07) is 3.71. The van der Waals surface area contributed by atoms with E-state index in [-0.39, 0.29) is 10.8 Å². The zero-order valence-electron chi connectivity index (χ0n) is 16.1. The maximum absolute atomic E-state index is 12.8. The standard InChI is InChI=1S/C19H20N6O2S2/c1-10-5-6-13-14(8-10)29-18-15(13)17(26)20-16(21-18)11(2)28-19-22-23-24-25(19)9-12-4-3-7-27-12/h3-4,7,10-11H,5-6,8-9H2,1-2H3,(H,20,21,26)/t10-,11+/m0/s1. The number of rotatable bonds is 5. The molecule has 0 amide bonds. The number of hydrogen-bond acceptors (Lipinski definition) is 8. The van der Waals surface area contributed by atoms with Gasteiger partial charge in [-0.15, -0.1) is 16.4 Å². The monoisotopic (exact) mass is 428 g/mol. The second kappa shape index (κ2) is 7.42. The quantitative estimate of drug-likeness (QED) is 0.485. The third-order valence-electron chi connectivity index (χ3n) is 5.24. The number of aromatic amines is 1. The number of H-pyrrole nitrogens is 1. The number of fused-ring (bicyclic) bond motifs is 3. The molecule has 1 aliphatic carbocycles. The van der Waals surface area contributed by atoms with Crippen molar-refractivity contribution in [1.82, 2.24) is 30.2 Å². The van der Waals surface area contributed by atoms with E-state index in [9.17, 15) is 4.79 Å². The number of furan rings is 1. The molecule has 4 aromatic heterocycles. The fraction of sp³-hybridized carbons (Fsp3) is 0.421. The van der Waals surface area contributed by atoms with Gasteiger partial charge in [-0.25, -0.2) is 9.67 Å². The van der Waals surface area contributed by atoms with Crippen LogP contribution < -0.4 is 5.56 Å². The van der Waals surface area contributed by atoms with E-state index < -0.39 is 0 Å². The third kappa shape index (κ3) is 3.51. The molecule has 1 N–H and O–H groups in total. The average Bonchev–Trinajstić information content (AvgIpc) is 3.42. The highest BCUT2D eigenvalue weighted by Gasteiger charge is 2.24. The Morgan fingerprint density at radius 3 is 3.21 bits per heavy atom. The summed E-state index contributed by atoms with van der Waals surface area (Å²) in [5.74, 6) is 2.08. The first-order chi connectivity index (χ1) is 14.1. The molecule has 8 nitrogen and oxygen atoms in total. The number of aryl methyl sites for hydroxylation is 1. The number of nitrogens with zero attached hydrogens (tertiary/aromatic N) is 5. The molecule has 4 aromatic rings. The summed E-state index contributed by atoms with van der Waals surface area (Å²) < 4.78 is 7.06. The Kier molecular flexibility index (Phi) is 4.75. The highest BCUT2D eigenvalue weighted by atomic mass is 32.2. The molecule has 150 valence electrons. The molecule has 0 spiro atoms. The molecule has 0 saturated heterocycles. The van der Waals surface area contributed by atoms with E-state index in [1.807, 2.05) is 19.1 Å². The SMILES string of the molecule is C[C@H]1CCc2c(sc3nc([C@@H](C)Sc4nnnn4Cc4ccco4)[nH]c(=O)c23)C1. The lowest BCUT2D eigenvalue weighted by Crippen LogP contribution is -2.15. The minimum absolute atomic E-state index is 0.0420. The van der Waals surface area contributed by atoms with Crippen LogP contribution in [0.1, 0.15) is 47.5 Å². The molecule has 2 atom stereocenters. The van der Waals surface area contributed by atoms with Crippen LogP contribution in [0, 0.1) is 5.92 Å². The Hall–Kier alpha value is -2.46. The highest BCUT2D eigenvalue weighted by Crippen LogP contribution is 2.37. The third-order valence-corrected chi connectivity index (χ3v) is 7.46. The van der Waals surface area contributed by atoms with Crippen molar-refractivity contribution in [2.24, 2.45) is 5.92 Å². The minimum Gasteiger partial charge on any atom is -0.467 e. The lowest BCUT2D eigenvalue weighted by molar-refractivity contribution is 0.462. The van der Waals surface area contributed by atoms with Gasteiger partial charge in [-0.05, 0) is 60.2 Å². The normalized spacial score (nSPS) is 17.5. The minimum atomic E-state index is -0.105. The van der Waals surface area contributed by atoms with Crippen LogP contribution in [-0.2, 0) is 19.4 Å². The first-order valence-electron chi connectivity index (χ1n) is 9.58. The highest BCUT2D eigenvalue weighted by molar-refractivity contribution is 7.99. The van der Waals surface area contributed by atoms with E-state index in [4.69, 9.17) is 9.40 Å². The van der Waals surface area contributed by atoms with Crippen molar-refractivity contribution in [3.63, 3.8) is 0 Å². The van der Waals surface area contributed by atoms with Gasteiger partial charge in [-0.1, -0.05) is 18.7 Å². The summed E-state index contributed by atoms with van der Waals surface area (Å²) in [7, 11) is 0. The van der Waals surface area contributed by atoms with Crippen LogP contribution in [0.25, 0.3) is 10.2 Å². The average molecular weight is 429 g/mol. The number of aromatic nitrogens is 6. The number of thioether (sulfide) groups is 1. The Morgan fingerprint density at radius 1 is 1.48 bits per heavy atom. The van der Waals surface area contributed by atoms with Crippen molar-refractivity contribution in [3.05, 3.63) is 50.8 Å². The molecule has 1 aliphatic rings. The number of tetrazole rings is 1. The summed E-state index contributed by atoms with van der Waals surface area (Å²) in [5.41, 5.74) is 1.16. The molecule has 0 radical (unpaired) electrons. The van der Waals surface area contributed by atoms with E-state index >= 15 is 0 Å². The Morgan fingerprint density at radius 2 is 2.38 bits per heavy atom. The molecule has 0 aromatic carbocycles. The molecule has 0 unspecified atom stereocenters. The van der Waals surface area contributed by atoms with Crippen molar-refractivity contribution in [2.75, 3.05) is 0 Å².